The molecule has 3 heterocycles. The number of nitrogens with zero attached hydrogens (tertiary/aromatic N) is 5. The summed E-state index contributed by atoms with van der Waals surface area (Å²) >= 11 is 3.48. The van der Waals surface area contributed by atoms with Crippen LogP contribution in [0.2, 0.25) is 0 Å². The van der Waals surface area contributed by atoms with E-state index < -0.39 is 0 Å². The van der Waals surface area contributed by atoms with Gasteiger partial charge in [0.1, 0.15) is 0 Å². The summed E-state index contributed by atoms with van der Waals surface area (Å²) in [5.74, 6) is 0.690. The van der Waals surface area contributed by atoms with E-state index in [-0.39, 0.29) is 5.91 Å². The van der Waals surface area contributed by atoms with Crippen LogP contribution in [0.25, 0.3) is 5.69 Å². The van der Waals surface area contributed by atoms with Gasteiger partial charge in [-0.1, -0.05) is 27.2 Å². The third kappa shape index (κ3) is 4.87. The quantitative estimate of drug-likeness (QED) is 0.684. The van der Waals surface area contributed by atoms with E-state index in [9.17, 15) is 4.79 Å². The fourth-order valence-electron chi connectivity index (χ4n) is 4.14. The van der Waals surface area contributed by atoms with E-state index >= 15 is 0 Å². The second-order valence-corrected chi connectivity index (χ2v) is 8.81. The smallest absolute Gasteiger partial charge is 0.276 e. The lowest BCUT2D eigenvalue weighted by molar-refractivity contribution is 0.0332. The third-order valence-electron chi connectivity index (χ3n) is 6.01. The second kappa shape index (κ2) is 9.36. The summed E-state index contributed by atoms with van der Waals surface area (Å²) in [5.41, 5.74) is 2.13. The summed E-state index contributed by atoms with van der Waals surface area (Å²) in [6.07, 6.45) is 3.34. The van der Waals surface area contributed by atoms with Gasteiger partial charge in [0.2, 0.25) is 0 Å². The minimum Gasteiger partial charge on any atom is -0.379 e. The molecule has 0 saturated carbocycles. The predicted molar refractivity (Wildman–Crippen MR) is 114 cm³/mol. The molecule has 0 N–H and O–H groups in total. The van der Waals surface area contributed by atoms with Crippen LogP contribution in [0.15, 0.2) is 28.7 Å². The van der Waals surface area contributed by atoms with Crippen LogP contribution in [0.5, 0.6) is 0 Å². The minimum absolute atomic E-state index is 0.00428. The molecule has 2 aliphatic heterocycles. The number of rotatable bonds is 5. The lowest BCUT2D eigenvalue weighted by Gasteiger charge is -2.33. The number of ether oxygens (including phenoxy) is 1. The molecule has 0 aliphatic carbocycles. The molecule has 29 heavy (non-hydrogen) atoms. The Kier molecular flexibility index (Phi) is 6.62. The van der Waals surface area contributed by atoms with Gasteiger partial charge in [0.25, 0.3) is 5.91 Å². The van der Waals surface area contributed by atoms with Crippen molar-refractivity contribution >= 4 is 21.8 Å². The maximum absolute atomic E-state index is 13.0. The Morgan fingerprint density at radius 2 is 1.97 bits per heavy atom. The van der Waals surface area contributed by atoms with Crippen LogP contribution in [0.1, 0.15) is 35.4 Å². The van der Waals surface area contributed by atoms with Crippen molar-refractivity contribution in [3.05, 3.63) is 40.1 Å². The summed E-state index contributed by atoms with van der Waals surface area (Å²) in [6, 6.07) is 7.84. The van der Waals surface area contributed by atoms with Gasteiger partial charge in [-0.2, -0.15) is 0 Å². The maximum atomic E-state index is 13.0. The molecule has 7 nitrogen and oxygen atoms in total. The first-order valence-electron chi connectivity index (χ1n) is 10.4. The zero-order valence-electron chi connectivity index (χ0n) is 16.9. The van der Waals surface area contributed by atoms with Crippen molar-refractivity contribution in [3.8, 4) is 5.69 Å². The third-order valence-corrected chi connectivity index (χ3v) is 6.50. The summed E-state index contributed by atoms with van der Waals surface area (Å²) < 4.78 is 8.12. The van der Waals surface area contributed by atoms with E-state index in [1.165, 1.54) is 6.42 Å². The molecule has 2 fully saturated rings. The van der Waals surface area contributed by atoms with Gasteiger partial charge in [0, 0.05) is 30.7 Å². The number of carbonyl (C=O) groups is 1. The number of piperidine rings is 1. The van der Waals surface area contributed by atoms with Gasteiger partial charge in [-0.25, -0.2) is 4.68 Å². The van der Waals surface area contributed by atoms with E-state index in [4.69, 9.17) is 4.74 Å². The molecular formula is C21H28BrN5O2. The highest BCUT2D eigenvalue weighted by atomic mass is 79.9. The predicted octanol–water partition coefficient (Wildman–Crippen LogP) is 2.91. The van der Waals surface area contributed by atoms with Crippen molar-refractivity contribution in [2.24, 2.45) is 5.92 Å². The van der Waals surface area contributed by atoms with E-state index in [1.807, 2.05) is 36.1 Å². The Balaban J connectivity index is 1.33. The van der Waals surface area contributed by atoms with Crippen LogP contribution >= 0.6 is 15.9 Å². The van der Waals surface area contributed by atoms with Crippen LogP contribution in [0.3, 0.4) is 0 Å². The first-order chi connectivity index (χ1) is 14.1. The Bertz CT molecular complexity index is 841. The number of benzene rings is 1. The zero-order valence-corrected chi connectivity index (χ0v) is 18.5. The average Bonchev–Trinajstić information content (AvgIpc) is 3.14. The van der Waals surface area contributed by atoms with Crippen molar-refractivity contribution in [2.45, 2.75) is 26.2 Å². The molecule has 2 aromatic rings. The van der Waals surface area contributed by atoms with Crippen LogP contribution in [-0.4, -0.2) is 76.6 Å². The molecule has 0 spiro atoms. The van der Waals surface area contributed by atoms with Crippen molar-refractivity contribution < 1.29 is 9.53 Å². The summed E-state index contributed by atoms with van der Waals surface area (Å²) in [5, 5.41) is 8.42. The van der Waals surface area contributed by atoms with Gasteiger partial charge in [-0.15, -0.1) is 5.10 Å². The second-order valence-electron chi connectivity index (χ2n) is 7.89. The van der Waals surface area contributed by atoms with Gasteiger partial charge in [-0.05, 0) is 56.8 Å². The average molecular weight is 462 g/mol. The standard InChI is InChI=1S/C21H28BrN5O2/c1-16-20(23-24-27(16)19-4-2-3-18(22)15-19)21(28)26-9-6-17(7-10-26)5-8-25-11-13-29-14-12-25/h2-4,15,17H,5-14H2,1H3. The van der Waals surface area contributed by atoms with Crippen molar-refractivity contribution in [3.63, 3.8) is 0 Å². The summed E-state index contributed by atoms with van der Waals surface area (Å²) in [4.78, 5) is 17.5. The van der Waals surface area contributed by atoms with Crippen LogP contribution in [0.4, 0.5) is 0 Å². The molecule has 0 bridgehead atoms. The van der Waals surface area contributed by atoms with E-state index in [0.717, 1.165) is 74.6 Å². The SMILES string of the molecule is Cc1c(C(=O)N2CCC(CCN3CCOCC3)CC2)nnn1-c1cccc(Br)c1. The van der Waals surface area contributed by atoms with Crippen molar-refractivity contribution in [1.82, 2.24) is 24.8 Å². The van der Waals surface area contributed by atoms with Gasteiger partial charge < -0.3 is 9.64 Å². The number of morpholine rings is 1. The van der Waals surface area contributed by atoms with Gasteiger partial charge in [-0.3, -0.25) is 9.69 Å². The fourth-order valence-corrected chi connectivity index (χ4v) is 4.53. The topological polar surface area (TPSA) is 63.5 Å². The van der Waals surface area contributed by atoms with E-state index in [1.54, 1.807) is 4.68 Å². The Morgan fingerprint density at radius 3 is 2.69 bits per heavy atom. The molecule has 8 heteroatoms. The van der Waals surface area contributed by atoms with Crippen LogP contribution in [-0.2, 0) is 4.74 Å². The Morgan fingerprint density at radius 1 is 1.21 bits per heavy atom. The molecule has 0 unspecified atom stereocenters. The van der Waals surface area contributed by atoms with Crippen LogP contribution < -0.4 is 0 Å². The van der Waals surface area contributed by atoms with Gasteiger partial charge in [0.05, 0.1) is 24.6 Å². The lowest BCUT2D eigenvalue weighted by Crippen LogP contribution is -2.41. The molecule has 1 amide bonds. The zero-order chi connectivity index (χ0) is 20.2. The minimum atomic E-state index is -0.00428. The number of aromatic nitrogens is 3. The summed E-state index contributed by atoms with van der Waals surface area (Å²) in [7, 11) is 0. The molecule has 1 aromatic heterocycles. The Labute approximate surface area is 180 Å². The molecular weight excluding hydrogens is 434 g/mol. The highest BCUT2D eigenvalue weighted by molar-refractivity contribution is 9.10. The largest absolute Gasteiger partial charge is 0.379 e. The molecule has 2 saturated heterocycles. The van der Waals surface area contributed by atoms with Crippen molar-refractivity contribution in [2.75, 3.05) is 45.9 Å². The molecule has 0 radical (unpaired) electrons. The van der Waals surface area contributed by atoms with Gasteiger partial charge in [0.15, 0.2) is 5.69 Å². The molecule has 1 aromatic carbocycles. The molecule has 2 aliphatic rings. The number of carbonyl (C=O) groups excluding carboxylic acids is 1. The van der Waals surface area contributed by atoms with Crippen molar-refractivity contribution in [1.29, 1.82) is 0 Å². The molecule has 156 valence electrons. The normalized spacial score (nSPS) is 18.9. The van der Waals surface area contributed by atoms with Crippen LogP contribution in [0, 0.1) is 12.8 Å². The lowest BCUT2D eigenvalue weighted by atomic mass is 9.93. The first kappa shape index (κ1) is 20.5. The number of likely N-dealkylation sites (tertiary alicyclic amines) is 1. The number of hydrogen-bond acceptors (Lipinski definition) is 5. The highest BCUT2D eigenvalue weighted by Crippen LogP contribution is 2.23. The molecule has 4 rings (SSSR count). The highest BCUT2D eigenvalue weighted by Gasteiger charge is 2.27. The summed E-state index contributed by atoms with van der Waals surface area (Å²) in [6.45, 7) is 8.45. The Hall–Kier alpha value is -1.77. The molecule has 0 atom stereocenters. The van der Waals surface area contributed by atoms with E-state index in [0.29, 0.717) is 11.6 Å². The number of hydrogen-bond donors (Lipinski definition) is 0. The van der Waals surface area contributed by atoms with Gasteiger partial charge >= 0.3 is 0 Å². The van der Waals surface area contributed by atoms with E-state index in [2.05, 4.69) is 31.1 Å². The number of amides is 1. The maximum Gasteiger partial charge on any atom is 0.276 e. The first-order valence-corrected chi connectivity index (χ1v) is 11.2. The monoisotopic (exact) mass is 461 g/mol. The number of halogens is 1. The fraction of sp³-hybridized carbons (Fsp3) is 0.571.